The molecule has 0 atom stereocenters. The summed E-state index contributed by atoms with van der Waals surface area (Å²) in [7, 11) is 1.50. The minimum atomic E-state index is 0.428. The Kier molecular flexibility index (Phi) is 4.88. The van der Waals surface area contributed by atoms with Crippen LogP contribution in [0.5, 0.6) is 0 Å². The first-order valence-electron chi connectivity index (χ1n) is 3.04. The van der Waals surface area contributed by atoms with Gasteiger partial charge in [-0.05, 0) is 12.5 Å². The summed E-state index contributed by atoms with van der Waals surface area (Å²) in [6.45, 7) is 2.05. The molecule has 52 valence electrons. The number of aldehydes is 1. The van der Waals surface area contributed by atoms with E-state index in [0.29, 0.717) is 5.76 Å². The van der Waals surface area contributed by atoms with Gasteiger partial charge >= 0.3 is 0 Å². The second-order valence-corrected chi connectivity index (χ2v) is 1.72. The zero-order valence-corrected chi connectivity index (χ0v) is 5.89. The number of allylic oxidation sites excluding steroid dienone is 2. The summed E-state index contributed by atoms with van der Waals surface area (Å²) >= 11 is 0. The Labute approximate surface area is 55.5 Å². The van der Waals surface area contributed by atoms with Crippen molar-refractivity contribution in [3.63, 3.8) is 0 Å². The summed E-state index contributed by atoms with van der Waals surface area (Å²) in [5.41, 5.74) is 0. The van der Waals surface area contributed by atoms with E-state index in [1.807, 2.05) is 0 Å². The Hall–Kier alpha value is -0.790. The van der Waals surface area contributed by atoms with Gasteiger partial charge in [-0.15, -0.1) is 0 Å². The first-order chi connectivity index (χ1) is 4.35. The first-order valence-corrected chi connectivity index (χ1v) is 3.04. The van der Waals surface area contributed by atoms with Crippen LogP contribution in [0.1, 0.15) is 19.8 Å². The van der Waals surface area contributed by atoms with Gasteiger partial charge in [0, 0.05) is 0 Å². The second kappa shape index (κ2) is 5.35. The van der Waals surface area contributed by atoms with Crippen molar-refractivity contribution in [2.75, 3.05) is 7.11 Å². The quantitative estimate of drug-likeness (QED) is 0.326. The number of carbonyl (C=O) groups is 1. The van der Waals surface area contributed by atoms with Crippen molar-refractivity contribution < 1.29 is 9.53 Å². The maximum atomic E-state index is 10.0. The van der Waals surface area contributed by atoms with Gasteiger partial charge in [0.15, 0.2) is 12.0 Å². The average molecular weight is 128 g/mol. The van der Waals surface area contributed by atoms with Crippen LogP contribution in [-0.4, -0.2) is 13.4 Å². The molecule has 2 nitrogen and oxygen atoms in total. The Morgan fingerprint density at radius 2 is 2.33 bits per heavy atom. The molecule has 0 heterocycles. The summed E-state index contributed by atoms with van der Waals surface area (Å²) in [5.74, 6) is 0.428. The van der Waals surface area contributed by atoms with Gasteiger partial charge in [0.1, 0.15) is 0 Å². The minimum absolute atomic E-state index is 0.428. The molecule has 0 fully saturated rings. The molecule has 0 unspecified atom stereocenters. The number of carbonyl (C=O) groups excluding carboxylic acids is 1. The predicted octanol–water partition coefficient (Wildman–Crippen LogP) is 1.52. The smallest absolute Gasteiger partial charge is 0.184 e. The van der Waals surface area contributed by atoms with Gasteiger partial charge in [-0.3, -0.25) is 4.79 Å². The summed E-state index contributed by atoms with van der Waals surface area (Å²) in [6, 6.07) is 0. The van der Waals surface area contributed by atoms with Gasteiger partial charge in [0.25, 0.3) is 0 Å². The number of unbranched alkanes of at least 4 members (excludes halogenated alkanes) is 1. The van der Waals surface area contributed by atoms with Crippen molar-refractivity contribution in [2.45, 2.75) is 19.8 Å². The molecular formula is C7H12O2. The molecule has 0 bridgehead atoms. The SMILES string of the molecule is CCC/C=C(/C=O)OC. The molecule has 0 amide bonds. The Morgan fingerprint density at radius 3 is 2.67 bits per heavy atom. The molecule has 0 radical (unpaired) electrons. The van der Waals surface area contributed by atoms with Crippen LogP contribution in [-0.2, 0) is 9.53 Å². The van der Waals surface area contributed by atoms with Crippen molar-refractivity contribution in [1.82, 2.24) is 0 Å². The molecule has 0 aromatic rings. The minimum Gasteiger partial charge on any atom is -0.494 e. The van der Waals surface area contributed by atoms with Crippen LogP contribution in [0.25, 0.3) is 0 Å². The van der Waals surface area contributed by atoms with Gasteiger partial charge < -0.3 is 4.74 Å². The highest BCUT2D eigenvalue weighted by Crippen LogP contribution is 1.95. The number of rotatable bonds is 4. The van der Waals surface area contributed by atoms with Crippen LogP contribution in [0, 0.1) is 0 Å². The molecule has 0 rings (SSSR count). The van der Waals surface area contributed by atoms with Crippen LogP contribution >= 0.6 is 0 Å². The first kappa shape index (κ1) is 8.21. The van der Waals surface area contributed by atoms with E-state index in [0.717, 1.165) is 19.1 Å². The lowest BCUT2D eigenvalue weighted by Crippen LogP contribution is -1.86. The van der Waals surface area contributed by atoms with E-state index in [4.69, 9.17) is 4.74 Å². The average Bonchev–Trinajstić information content (AvgIpc) is 1.91. The van der Waals surface area contributed by atoms with Crippen molar-refractivity contribution in [1.29, 1.82) is 0 Å². The Bertz CT molecular complexity index is 105. The lowest BCUT2D eigenvalue weighted by atomic mass is 10.3. The largest absolute Gasteiger partial charge is 0.494 e. The molecule has 9 heavy (non-hydrogen) atoms. The highest BCUT2D eigenvalue weighted by Gasteiger charge is 1.87. The maximum absolute atomic E-state index is 10.0. The van der Waals surface area contributed by atoms with E-state index < -0.39 is 0 Å². The van der Waals surface area contributed by atoms with Gasteiger partial charge in [0.05, 0.1) is 7.11 Å². The highest BCUT2D eigenvalue weighted by atomic mass is 16.5. The molecule has 0 aromatic carbocycles. The summed E-state index contributed by atoms with van der Waals surface area (Å²) in [6.07, 6.45) is 4.45. The van der Waals surface area contributed by atoms with Crippen molar-refractivity contribution in [3.8, 4) is 0 Å². The van der Waals surface area contributed by atoms with Gasteiger partial charge in [-0.1, -0.05) is 13.3 Å². The molecule has 0 saturated heterocycles. The van der Waals surface area contributed by atoms with Crippen LogP contribution < -0.4 is 0 Å². The van der Waals surface area contributed by atoms with Gasteiger partial charge in [0.2, 0.25) is 0 Å². The van der Waals surface area contributed by atoms with Crippen LogP contribution in [0.15, 0.2) is 11.8 Å². The zero-order valence-electron chi connectivity index (χ0n) is 5.89. The van der Waals surface area contributed by atoms with Crippen LogP contribution in [0.3, 0.4) is 0 Å². The number of hydrogen-bond donors (Lipinski definition) is 0. The second-order valence-electron chi connectivity index (χ2n) is 1.72. The highest BCUT2D eigenvalue weighted by molar-refractivity contribution is 5.69. The van der Waals surface area contributed by atoms with Crippen molar-refractivity contribution in [3.05, 3.63) is 11.8 Å². The fraction of sp³-hybridized carbons (Fsp3) is 0.571. The molecule has 0 aliphatic heterocycles. The summed E-state index contributed by atoms with van der Waals surface area (Å²) in [4.78, 5) is 10.0. The maximum Gasteiger partial charge on any atom is 0.184 e. The van der Waals surface area contributed by atoms with E-state index >= 15 is 0 Å². The van der Waals surface area contributed by atoms with E-state index in [1.165, 1.54) is 7.11 Å². The third-order valence-corrected chi connectivity index (χ3v) is 0.986. The third-order valence-electron chi connectivity index (χ3n) is 0.986. The number of hydrogen-bond acceptors (Lipinski definition) is 2. The molecular weight excluding hydrogens is 116 g/mol. The fourth-order valence-electron chi connectivity index (χ4n) is 0.466. The standard InChI is InChI=1S/C7H12O2/c1-3-4-5-7(6-8)9-2/h5-6H,3-4H2,1-2H3/b7-5-. The van der Waals surface area contributed by atoms with E-state index in [2.05, 4.69) is 6.92 Å². The zero-order chi connectivity index (χ0) is 7.11. The number of ether oxygens (including phenoxy) is 1. The fourth-order valence-corrected chi connectivity index (χ4v) is 0.466. The molecule has 0 aromatic heterocycles. The molecule has 0 spiro atoms. The molecule has 0 N–H and O–H groups in total. The van der Waals surface area contributed by atoms with Crippen LogP contribution in [0.2, 0.25) is 0 Å². The Morgan fingerprint density at radius 1 is 1.67 bits per heavy atom. The van der Waals surface area contributed by atoms with E-state index in [-0.39, 0.29) is 0 Å². The molecule has 0 aliphatic carbocycles. The topological polar surface area (TPSA) is 26.3 Å². The van der Waals surface area contributed by atoms with Crippen molar-refractivity contribution in [2.24, 2.45) is 0 Å². The van der Waals surface area contributed by atoms with Gasteiger partial charge in [-0.25, -0.2) is 0 Å². The summed E-state index contributed by atoms with van der Waals surface area (Å²) < 4.78 is 4.69. The molecule has 0 saturated carbocycles. The molecule has 0 aliphatic rings. The number of methoxy groups -OCH3 is 1. The van der Waals surface area contributed by atoms with Crippen molar-refractivity contribution >= 4 is 6.29 Å². The predicted molar refractivity (Wildman–Crippen MR) is 36.1 cm³/mol. The summed E-state index contributed by atoms with van der Waals surface area (Å²) in [5, 5.41) is 0. The Balaban J connectivity index is 3.61. The van der Waals surface area contributed by atoms with Gasteiger partial charge in [-0.2, -0.15) is 0 Å². The van der Waals surface area contributed by atoms with E-state index in [9.17, 15) is 4.79 Å². The lowest BCUT2D eigenvalue weighted by Gasteiger charge is -1.94. The van der Waals surface area contributed by atoms with E-state index in [1.54, 1.807) is 6.08 Å². The third kappa shape index (κ3) is 3.76. The molecule has 2 heteroatoms. The monoisotopic (exact) mass is 128 g/mol. The van der Waals surface area contributed by atoms with Crippen LogP contribution in [0.4, 0.5) is 0 Å². The lowest BCUT2D eigenvalue weighted by molar-refractivity contribution is -0.107. The normalized spacial score (nSPS) is 11.1.